The van der Waals surface area contributed by atoms with E-state index in [2.05, 4.69) is 25.9 Å². The highest BCUT2D eigenvalue weighted by Gasteiger charge is 2.15. The lowest BCUT2D eigenvalue weighted by Crippen LogP contribution is -2.29. The minimum atomic E-state index is -0.464. The molecule has 2 rings (SSSR count). The Bertz CT molecular complexity index is 867. The summed E-state index contributed by atoms with van der Waals surface area (Å²) in [5.74, 6) is 0.513. The average molecular weight is 415 g/mol. The molecular weight excluding hydrogens is 392 g/mol. The third kappa shape index (κ3) is 4.59. The molecule has 0 aliphatic rings. The number of hydrogen-bond donors (Lipinski definition) is 1. The molecule has 0 fully saturated rings. The molecule has 0 bridgehead atoms. The van der Waals surface area contributed by atoms with Crippen LogP contribution in [0.5, 0.6) is 0 Å². The minimum Gasteiger partial charge on any atom is -0.462 e. The predicted molar refractivity (Wildman–Crippen MR) is 98.1 cm³/mol. The molecule has 0 amide bonds. The number of nitrogens with one attached hydrogen (secondary N) is 1. The first-order chi connectivity index (χ1) is 11.8. The van der Waals surface area contributed by atoms with Gasteiger partial charge in [0.25, 0.3) is 5.56 Å². The monoisotopic (exact) mass is 414 g/mol. The van der Waals surface area contributed by atoms with E-state index in [0.717, 1.165) is 31.5 Å². The summed E-state index contributed by atoms with van der Waals surface area (Å²) in [4.78, 5) is 41.4. The molecule has 25 heavy (non-hydrogen) atoms. The summed E-state index contributed by atoms with van der Waals surface area (Å²) in [6.45, 7) is 1.41. The van der Waals surface area contributed by atoms with Gasteiger partial charge in [0.15, 0.2) is 11.2 Å². The van der Waals surface area contributed by atoms with Gasteiger partial charge in [-0.15, -0.1) is 0 Å². The van der Waals surface area contributed by atoms with Gasteiger partial charge in [-0.25, -0.2) is 9.78 Å². The first-order valence-corrected chi connectivity index (χ1v) is 9.35. The van der Waals surface area contributed by atoms with Crippen LogP contribution in [0.15, 0.2) is 9.59 Å². The first kappa shape index (κ1) is 19.4. The molecule has 9 heteroatoms. The van der Waals surface area contributed by atoms with Crippen LogP contribution in [-0.4, -0.2) is 36.5 Å². The lowest BCUT2D eigenvalue weighted by atomic mass is 10.1. The number of nitrogens with zero attached hydrogens (tertiary/aromatic N) is 3. The Morgan fingerprint density at radius 3 is 2.60 bits per heavy atom. The van der Waals surface area contributed by atoms with E-state index < -0.39 is 11.2 Å². The summed E-state index contributed by atoms with van der Waals surface area (Å²) in [7, 11) is 3.37. The largest absolute Gasteiger partial charge is 0.462 e. The maximum atomic E-state index is 12.0. The molecule has 0 saturated carbocycles. The standard InChI is InChI=1S/C16H23BrN4O4/c1-10(22)25-11(9-17)7-5-4-6-8-12-18-14-13(20(12)2)15(23)19-16(24)21(14)3/h11H,4-9H2,1-3H3,(H,19,23,24). The zero-order valence-electron chi connectivity index (χ0n) is 14.7. The Hall–Kier alpha value is -1.90. The highest BCUT2D eigenvalue weighted by Crippen LogP contribution is 2.14. The summed E-state index contributed by atoms with van der Waals surface area (Å²) in [6, 6.07) is 0. The van der Waals surface area contributed by atoms with E-state index in [9.17, 15) is 14.4 Å². The molecule has 8 nitrogen and oxygen atoms in total. The zero-order valence-corrected chi connectivity index (χ0v) is 16.3. The van der Waals surface area contributed by atoms with Gasteiger partial charge in [-0.1, -0.05) is 22.4 Å². The number of fused-ring (bicyclic) bond motifs is 1. The Balaban J connectivity index is 1.96. The van der Waals surface area contributed by atoms with Gasteiger partial charge in [-0.05, 0) is 19.3 Å². The Labute approximate surface area is 153 Å². The second kappa shape index (κ2) is 8.46. The molecular formula is C16H23BrN4O4. The van der Waals surface area contributed by atoms with Gasteiger partial charge < -0.3 is 9.30 Å². The van der Waals surface area contributed by atoms with Crippen molar-refractivity contribution in [2.24, 2.45) is 14.1 Å². The highest BCUT2D eigenvalue weighted by molar-refractivity contribution is 9.09. The van der Waals surface area contributed by atoms with Gasteiger partial charge >= 0.3 is 11.7 Å². The molecule has 2 aromatic heterocycles. The van der Waals surface area contributed by atoms with Gasteiger partial charge in [0, 0.05) is 32.8 Å². The van der Waals surface area contributed by atoms with Crippen molar-refractivity contribution in [1.29, 1.82) is 0 Å². The Morgan fingerprint density at radius 1 is 1.24 bits per heavy atom. The van der Waals surface area contributed by atoms with Crippen molar-refractivity contribution in [3.05, 3.63) is 26.7 Å². The van der Waals surface area contributed by atoms with Gasteiger partial charge in [0.1, 0.15) is 11.9 Å². The number of imidazole rings is 1. The average Bonchev–Trinajstić information content (AvgIpc) is 2.88. The van der Waals surface area contributed by atoms with E-state index in [1.807, 2.05) is 0 Å². The van der Waals surface area contributed by atoms with Crippen molar-refractivity contribution in [3.63, 3.8) is 0 Å². The van der Waals surface area contributed by atoms with E-state index in [-0.39, 0.29) is 12.1 Å². The maximum absolute atomic E-state index is 12.0. The van der Waals surface area contributed by atoms with Crippen molar-refractivity contribution in [2.75, 3.05) is 5.33 Å². The normalized spacial score (nSPS) is 12.5. The van der Waals surface area contributed by atoms with Crippen molar-refractivity contribution in [1.82, 2.24) is 19.1 Å². The van der Waals surface area contributed by atoms with Crippen LogP contribution in [0.3, 0.4) is 0 Å². The van der Waals surface area contributed by atoms with E-state index in [4.69, 9.17) is 4.74 Å². The number of alkyl halides is 1. The molecule has 1 unspecified atom stereocenters. The summed E-state index contributed by atoms with van der Waals surface area (Å²) < 4.78 is 8.28. The van der Waals surface area contributed by atoms with Crippen LogP contribution in [0.4, 0.5) is 0 Å². The van der Waals surface area contributed by atoms with Gasteiger partial charge in [0.2, 0.25) is 0 Å². The predicted octanol–water partition coefficient (Wildman–Crippen LogP) is 1.39. The fourth-order valence-corrected chi connectivity index (χ4v) is 3.27. The zero-order chi connectivity index (χ0) is 18.6. The van der Waals surface area contributed by atoms with E-state index in [1.54, 1.807) is 18.7 Å². The van der Waals surface area contributed by atoms with Gasteiger partial charge in [-0.2, -0.15) is 0 Å². The third-order valence-electron chi connectivity index (χ3n) is 4.16. The van der Waals surface area contributed by atoms with Crippen LogP contribution in [0.1, 0.15) is 38.4 Å². The quantitative estimate of drug-likeness (QED) is 0.399. The fourth-order valence-electron chi connectivity index (χ4n) is 2.81. The van der Waals surface area contributed by atoms with E-state index in [1.165, 1.54) is 11.5 Å². The van der Waals surface area contributed by atoms with Crippen molar-refractivity contribution in [2.45, 2.75) is 45.1 Å². The maximum Gasteiger partial charge on any atom is 0.329 e. The second-order valence-corrected chi connectivity index (χ2v) is 6.71. The number of aromatic nitrogens is 4. The number of halogens is 1. The molecule has 1 atom stereocenters. The molecule has 138 valence electrons. The van der Waals surface area contributed by atoms with Crippen LogP contribution in [0.2, 0.25) is 0 Å². The summed E-state index contributed by atoms with van der Waals surface area (Å²) in [6.07, 6.45) is 4.22. The van der Waals surface area contributed by atoms with Gasteiger partial charge in [-0.3, -0.25) is 19.1 Å². The van der Waals surface area contributed by atoms with Gasteiger partial charge in [0.05, 0.1) is 0 Å². The minimum absolute atomic E-state index is 0.0960. The highest BCUT2D eigenvalue weighted by atomic mass is 79.9. The van der Waals surface area contributed by atoms with E-state index >= 15 is 0 Å². The molecule has 1 N–H and O–H groups in total. The summed E-state index contributed by atoms with van der Waals surface area (Å²) in [5, 5.41) is 0.633. The van der Waals surface area contributed by atoms with Crippen molar-refractivity contribution < 1.29 is 9.53 Å². The van der Waals surface area contributed by atoms with Crippen LogP contribution in [-0.2, 0) is 30.0 Å². The molecule has 0 saturated heterocycles. The SMILES string of the molecule is CC(=O)OC(CBr)CCCCCc1nc2c(c(=O)[nH]c(=O)n2C)n1C. The van der Waals surface area contributed by atoms with Crippen LogP contribution in [0, 0.1) is 0 Å². The molecule has 0 aromatic carbocycles. The summed E-state index contributed by atoms with van der Waals surface area (Å²) >= 11 is 3.35. The lowest BCUT2D eigenvalue weighted by molar-refractivity contribution is -0.145. The topological polar surface area (TPSA) is 99.0 Å². The van der Waals surface area contributed by atoms with Crippen LogP contribution >= 0.6 is 15.9 Å². The number of rotatable bonds is 8. The van der Waals surface area contributed by atoms with Crippen LogP contribution in [0.25, 0.3) is 11.2 Å². The molecule has 0 aliphatic heterocycles. The number of hydrogen-bond acceptors (Lipinski definition) is 5. The molecule has 0 spiro atoms. The second-order valence-electron chi connectivity index (χ2n) is 6.06. The first-order valence-electron chi connectivity index (χ1n) is 8.23. The smallest absolute Gasteiger partial charge is 0.329 e. The van der Waals surface area contributed by atoms with E-state index in [0.29, 0.717) is 22.9 Å². The fraction of sp³-hybridized carbons (Fsp3) is 0.625. The Morgan fingerprint density at radius 2 is 1.96 bits per heavy atom. The number of aromatic amines is 1. The number of esters is 1. The number of carbonyl (C=O) groups is 1. The van der Waals surface area contributed by atoms with Crippen LogP contribution < -0.4 is 11.2 Å². The number of carbonyl (C=O) groups excluding carboxylic acids is 1. The molecule has 0 radical (unpaired) electrons. The Kier molecular flexibility index (Phi) is 6.57. The number of unbranched alkanes of at least 4 members (excludes halogenated alkanes) is 2. The molecule has 2 aromatic rings. The van der Waals surface area contributed by atoms with Crippen molar-refractivity contribution in [3.8, 4) is 0 Å². The molecule has 0 aliphatic carbocycles. The third-order valence-corrected chi connectivity index (χ3v) is 4.88. The van der Waals surface area contributed by atoms with Crippen molar-refractivity contribution >= 4 is 33.1 Å². The lowest BCUT2D eigenvalue weighted by Gasteiger charge is -2.13. The number of aryl methyl sites for hydroxylation is 3. The summed E-state index contributed by atoms with van der Waals surface area (Å²) in [5.41, 5.74) is -0.0684. The number of H-pyrrole nitrogens is 1. The number of ether oxygens (including phenoxy) is 1. The molecule has 2 heterocycles.